The zero-order valence-corrected chi connectivity index (χ0v) is 15.9. The van der Waals surface area contributed by atoms with Crippen LogP contribution >= 0.6 is 27.7 Å². The smallest absolute Gasteiger partial charge is 0.141 e. The van der Waals surface area contributed by atoms with Crippen molar-refractivity contribution in [3.8, 4) is 11.5 Å². The van der Waals surface area contributed by atoms with E-state index in [4.69, 9.17) is 9.47 Å². The number of methoxy groups -OCH3 is 2. The summed E-state index contributed by atoms with van der Waals surface area (Å²) in [4.78, 5) is 0. The van der Waals surface area contributed by atoms with Crippen molar-refractivity contribution in [1.29, 1.82) is 0 Å². The van der Waals surface area contributed by atoms with Crippen LogP contribution in [-0.4, -0.2) is 31.8 Å². The largest absolute Gasteiger partial charge is 0.495 e. The van der Waals surface area contributed by atoms with Crippen molar-refractivity contribution >= 4 is 27.7 Å². The quantitative estimate of drug-likeness (QED) is 0.680. The van der Waals surface area contributed by atoms with Crippen molar-refractivity contribution in [1.82, 2.24) is 5.32 Å². The minimum Gasteiger partial charge on any atom is -0.495 e. The van der Waals surface area contributed by atoms with Gasteiger partial charge in [-0.2, -0.15) is 11.8 Å². The van der Waals surface area contributed by atoms with E-state index >= 15 is 0 Å². The molecule has 0 bridgehead atoms. The highest BCUT2D eigenvalue weighted by Crippen LogP contribution is 2.40. The van der Waals surface area contributed by atoms with E-state index in [9.17, 15) is 0 Å². The van der Waals surface area contributed by atoms with Gasteiger partial charge in [-0.3, -0.25) is 0 Å². The average molecular weight is 376 g/mol. The summed E-state index contributed by atoms with van der Waals surface area (Å²) >= 11 is 5.57. The van der Waals surface area contributed by atoms with Gasteiger partial charge in [-0.15, -0.1) is 0 Å². The molecule has 1 aromatic rings. The molecular formula is C16H26BrNO2S. The van der Waals surface area contributed by atoms with Crippen molar-refractivity contribution < 1.29 is 9.47 Å². The first-order chi connectivity index (χ1) is 10.1. The highest BCUT2D eigenvalue weighted by Gasteiger charge is 2.20. The molecule has 0 spiro atoms. The summed E-state index contributed by atoms with van der Waals surface area (Å²) in [7, 11) is 3.37. The maximum Gasteiger partial charge on any atom is 0.141 e. The minimum absolute atomic E-state index is 0.270. The SMILES string of the molecule is CCNC(CSC(C)CC)c1ccc(OC)c(Br)c1OC. The summed E-state index contributed by atoms with van der Waals surface area (Å²) in [5, 5.41) is 4.22. The van der Waals surface area contributed by atoms with Crippen LogP contribution in [0.5, 0.6) is 11.5 Å². The molecule has 0 aromatic heterocycles. The Balaban J connectivity index is 3.04. The number of nitrogens with one attached hydrogen (secondary N) is 1. The minimum atomic E-state index is 0.270. The molecule has 0 saturated carbocycles. The molecule has 120 valence electrons. The first-order valence-electron chi connectivity index (χ1n) is 7.34. The Morgan fingerprint density at radius 1 is 1.24 bits per heavy atom. The van der Waals surface area contributed by atoms with Gasteiger partial charge >= 0.3 is 0 Å². The van der Waals surface area contributed by atoms with E-state index in [-0.39, 0.29) is 6.04 Å². The van der Waals surface area contributed by atoms with Gasteiger partial charge in [0.25, 0.3) is 0 Å². The standard InChI is InChI=1S/C16H26BrNO2S/c1-6-11(3)21-10-13(18-7-2)12-8-9-14(19-4)15(17)16(12)20-5/h8-9,11,13,18H,6-7,10H2,1-5H3. The molecule has 21 heavy (non-hydrogen) atoms. The molecule has 3 nitrogen and oxygen atoms in total. The van der Waals surface area contributed by atoms with Gasteiger partial charge in [0, 0.05) is 22.6 Å². The normalized spacial score (nSPS) is 13.8. The predicted octanol–water partition coefficient (Wildman–Crippen LogP) is 4.65. The van der Waals surface area contributed by atoms with Crippen molar-refractivity contribution in [2.75, 3.05) is 26.5 Å². The molecular weight excluding hydrogens is 350 g/mol. The fourth-order valence-electron chi connectivity index (χ4n) is 2.08. The molecule has 0 saturated heterocycles. The van der Waals surface area contributed by atoms with Gasteiger partial charge in [-0.05, 0) is 41.0 Å². The number of ether oxygens (including phenoxy) is 2. The first-order valence-corrected chi connectivity index (χ1v) is 9.18. The highest BCUT2D eigenvalue weighted by atomic mass is 79.9. The Morgan fingerprint density at radius 2 is 1.95 bits per heavy atom. The second-order valence-corrected chi connectivity index (χ2v) is 7.13. The van der Waals surface area contributed by atoms with Gasteiger partial charge in [0.15, 0.2) is 0 Å². The maximum atomic E-state index is 5.60. The van der Waals surface area contributed by atoms with Crippen molar-refractivity contribution in [2.45, 2.75) is 38.5 Å². The molecule has 0 aliphatic carbocycles. The summed E-state index contributed by atoms with van der Waals surface area (Å²) in [6.45, 7) is 7.56. The van der Waals surface area contributed by atoms with Crippen LogP contribution in [0.3, 0.4) is 0 Å². The zero-order valence-electron chi connectivity index (χ0n) is 13.5. The Morgan fingerprint density at radius 3 is 2.48 bits per heavy atom. The van der Waals surface area contributed by atoms with E-state index in [1.54, 1.807) is 14.2 Å². The number of thioether (sulfide) groups is 1. The van der Waals surface area contributed by atoms with Gasteiger partial charge in [0.05, 0.1) is 14.2 Å². The van der Waals surface area contributed by atoms with Crippen LogP contribution in [0.4, 0.5) is 0 Å². The second kappa shape index (κ2) is 9.59. The molecule has 2 unspecified atom stereocenters. The number of benzene rings is 1. The fourth-order valence-corrected chi connectivity index (χ4v) is 3.81. The average Bonchev–Trinajstić information content (AvgIpc) is 2.50. The fraction of sp³-hybridized carbons (Fsp3) is 0.625. The van der Waals surface area contributed by atoms with Gasteiger partial charge in [0.1, 0.15) is 16.0 Å². The van der Waals surface area contributed by atoms with Crippen LogP contribution in [0.2, 0.25) is 0 Å². The third-order valence-electron chi connectivity index (χ3n) is 3.46. The summed E-state index contributed by atoms with van der Waals surface area (Å²) in [6.07, 6.45) is 1.19. The van der Waals surface area contributed by atoms with Crippen LogP contribution in [0.1, 0.15) is 38.8 Å². The van der Waals surface area contributed by atoms with E-state index in [0.29, 0.717) is 5.25 Å². The third-order valence-corrected chi connectivity index (χ3v) is 5.64. The molecule has 1 rings (SSSR count). The van der Waals surface area contributed by atoms with Crippen LogP contribution in [-0.2, 0) is 0 Å². The predicted molar refractivity (Wildman–Crippen MR) is 95.9 cm³/mol. The Hall–Kier alpha value is -0.390. The second-order valence-electron chi connectivity index (χ2n) is 4.87. The van der Waals surface area contributed by atoms with E-state index in [1.165, 1.54) is 12.0 Å². The van der Waals surface area contributed by atoms with Gasteiger partial charge in [-0.25, -0.2) is 0 Å². The molecule has 5 heteroatoms. The molecule has 1 aromatic carbocycles. The summed E-state index contributed by atoms with van der Waals surface area (Å²) < 4.78 is 11.8. The maximum absolute atomic E-state index is 5.60. The van der Waals surface area contributed by atoms with Gasteiger partial charge in [-0.1, -0.05) is 20.8 Å². The number of rotatable bonds is 9. The van der Waals surface area contributed by atoms with E-state index < -0.39 is 0 Å². The Labute approximate surface area is 141 Å². The van der Waals surface area contributed by atoms with Gasteiger partial charge in [0.2, 0.25) is 0 Å². The lowest BCUT2D eigenvalue weighted by Crippen LogP contribution is -2.24. The monoisotopic (exact) mass is 375 g/mol. The molecule has 0 amide bonds. The molecule has 0 aliphatic rings. The Kier molecular flexibility index (Phi) is 8.52. The van der Waals surface area contributed by atoms with Crippen LogP contribution < -0.4 is 14.8 Å². The molecule has 0 heterocycles. The Bertz CT molecular complexity index is 443. The van der Waals surface area contributed by atoms with E-state index in [2.05, 4.69) is 48.1 Å². The lowest BCUT2D eigenvalue weighted by Gasteiger charge is -2.23. The van der Waals surface area contributed by atoms with Crippen LogP contribution in [0, 0.1) is 0 Å². The molecule has 2 atom stereocenters. The van der Waals surface area contributed by atoms with Gasteiger partial charge < -0.3 is 14.8 Å². The molecule has 0 fully saturated rings. The van der Waals surface area contributed by atoms with Crippen molar-refractivity contribution in [2.24, 2.45) is 0 Å². The summed E-state index contributed by atoms with van der Waals surface area (Å²) in [5.41, 5.74) is 1.17. The molecule has 0 aliphatic heterocycles. The summed E-state index contributed by atoms with van der Waals surface area (Å²) in [6, 6.07) is 4.35. The topological polar surface area (TPSA) is 30.5 Å². The van der Waals surface area contributed by atoms with E-state index in [1.807, 2.05) is 17.8 Å². The lowest BCUT2D eigenvalue weighted by molar-refractivity contribution is 0.382. The third kappa shape index (κ3) is 5.08. The van der Waals surface area contributed by atoms with Crippen molar-refractivity contribution in [3.63, 3.8) is 0 Å². The zero-order chi connectivity index (χ0) is 15.8. The number of hydrogen-bond donors (Lipinski definition) is 1. The van der Waals surface area contributed by atoms with Crippen LogP contribution in [0.15, 0.2) is 16.6 Å². The molecule has 0 radical (unpaired) electrons. The number of halogens is 1. The van der Waals surface area contributed by atoms with Crippen molar-refractivity contribution in [3.05, 3.63) is 22.2 Å². The van der Waals surface area contributed by atoms with Crippen LogP contribution in [0.25, 0.3) is 0 Å². The first kappa shape index (κ1) is 18.7. The highest BCUT2D eigenvalue weighted by molar-refractivity contribution is 9.10. The molecule has 1 N–H and O–H groups in total. The summed E-state index contributed by atoms with van der Waals surface area (Å²) in [5.74, 6) is 2.67. The van der Waals surface area contributed by atoms with E-state index in [0.717, 1.165) is 28.3 Å². The number of hydrogen-bond acceptors (Lipinski definition) is 4. The lowest BCUT2D eigenvalue weighted by atomic mass is 10.1.